The van der Waals surface area contributed by atoms with Crippen LogP contribution < -0.4 is 5.14 Å². The number of nitrogens with zero attached hydrogens (tertiary/aromatic N) is 1. The topological polar surface area (TPSA) is 80.5 Å². The molecule has 116 valence electrons. The van der Waals surface area contributed by atoms with Crippen LogP contribution in [0.3, 0.4) is 0 Å². The molecule has 1 atom stereocenters. The second-order valence-electron chi connectivity index (χ2n) is 5.33. The van der Waals surface area contributed by atoms with Crippen LogP contribution in [0.4, 0.5) is 0 Å². The fourth-order valence-electron chi connectivity index (χ4n) is 2.77. The van der Waals surface area contributed by atoms with E-state index in [0.717, 1.165) is 19.3 Å². The SMILES string of the molecule is CCC1CCCN1C(=O)c1cc(Br)c(C)c(S(N)(=O)=O)c1. The highest BCUT2D eigenvalue weighted by Gasteiger charge is 2.29. The lowest BCUT2D eigenvalue weighted by molar-refractivity contribution is 0.0733. The first kappa shape index (κ1) is 16.5. The van der Waals surface area contributed by atoms with E-state index < -0.39 is 10.0 Å². The van der Waals surface area contributed by atoms with Crippen LogP contribution in [0.5, 0.6) is 0 Å². The van der Waals surface area contributed by atoms with Gasteiger partial charge in [-0.25, -0.2) is 13.6 Å². The third kappa shape index (κ3) is 3.30. The Bertz CT molecular complexity index is 673. The number of amides is 1. The summed E-state index contributed by atoms with van der Waals surface area (Å²) in [4.78, 5) is 14.4. The standard InChI is InChI=1S/C14H19BrN2O3S/c1-3-11-5-4-6-17(11)14(18)10-7-12(15)9(2)13(8-10)21(16,19)20/h7-8,11H,3-6H2,1-2H3,(H2,16,19,20). The molecule has 21 heavy (non-hydrogen) atoms. The fraction of sp³-hybridized carbons (Fsp3) is 0.500. The van der Waals surface area contributed by atoms with Crippen LogP contribution in [0, 0.1) is 6.92 Å². The first-order valence-electron chi connectivity index (χ1n) is 6.89. The summed E-state index contributed by atoms with van der Waals surface area (Å²) in [5.41, 5.74) is 0.874. The summed E-state index contributed by atoms with van der Waals surface area (Å²) in [6.45, 7) is 4.42. The lowest BCUT2D eigenvalue weighted by Crippen LogP contribution is -2.35. The Morgan fingerprint density at radius 2 is 2.14 bits per heavy atom. The number of sulfonamides is 1. The Labute approximate surface area is 133 Å². The van der Waals surface area contributed by atoms with Crippen molar-refractivity contribution < 1.29 is 13.2 Å². The minimum atomic E-state index is -3.86. The van der Waals surface area contributed by atoms with Crippen molar-refractivity contribution in [1.82, 2.24) is 4.90 Å². The maximum absolute atomic E-state index is 12.6. The van der Waals surface area contributed by atoms with Crippen molar-refractivity contribution in [3.8, 4) is 0 Å². The van der Waals surface area contributed by atoms with Crippen molar-refractivity contribution in [3.05, 3.63) is 27.7 Å². The zero-order valence-corrected chi connectivity index (χ0v) is 14.5. The van der Waals surface area contributed by atoms with E-state index in [1.807, 2.05) is 4.90 Å². The second kappa shape index (κ2) is 6.06. The van der Waals surface area contributed by atoms with Gasteiger partial charge in [-0.2, -0.15) is 0 Å². The quantitative estimate of drug-likeness (QED) is 0.881. The molecule has 0 saturated carbocycles. The molecule has 2 N–H and O–H groups in total. The molecular weight excluding hydrogens is 356 g/mol. The van der Waals surface area contributed by atoms with Gasteiger partial charge < -0.3 is 4.90 Å². The van der Waals surface area contributed by atoms with Gasteiger partial charge in [0.05, 0.1) is 4.90 Å². The number of nitrogens with two attached hydrogens (primary N) is 1. The average molecular weight is 375 g/mol. The molecule has 1 aromatic rings. The van der Waals surface area contributed by atoms with Gasteiger partial charge in [-0.1, -0.05) is 22.9 Å². The zero-order valence-electron chi connectivity index (χ0n) is 12.1. The Morgan fingerprint density at radius 3 is 2.71 bits per heavy atom. The van der Waals surface area contributed by atoms with Crippen molar-refractivity contribution in [1.29, 1.82) is 0 Å². The molecule has 1 heterocycles. The molecule has 7 heteroatoms. The Morgan fingerprint density at radius 1 is 1.48 bits per heavy atom. The minimum Gasteiger partial charge on any atom is -0.336 e. The van der Waals surface area contributed by atoms with E-state index in [9.17, 15) is 13.2 Å². The Kier molecular flexibility index (Phi) is 4.75. The van der Waals surface area contributed by atoms with Gasteiger partial charge in [0.15, 0.2) is 0 Å². The summed E-state index contributed by atoms with van der Waals surface area (Å²) in [6, 6.07) is 3.27. The molecule has 5 nitrogen and oxygen atoms in total. The van der Waals surface area contributed by atoms with Gasteiger partial charge in [0, 0.05) is 22.6 Å². The maximum Gasteiger partial charge on any atom is 0.254 e. The predicted octanol–water partition coefficient (Wildman–Crippen LogP) is 2.42. The molecule has 0 radical (unpaired) electrons. The molecule has 0 bridgehead atoms. The number of carbonyl (C=O) groups is 1. The smallest absolute Gasteiger partial charge is 0.254 e. The predicted molar refractivity (Wildman–Crippen MR) is 84.6 cm³/mol. The largest absolute Gasteiger partial charge is 0.336 e. The molecular formula is C14H19BrN2O3S. The normalized spacial score (nSPS) is 19.0. The highest BCUT2D eigenvalue weighted by molar-refractivity contribution is 9.10. The number of hydrogen-bond donors (Lipinski definition) is 1. The number of likely N-dealkylation sites (tertiary alicyclic amines) is 1. The molecule has 0 aromatic heterocycles. The summed E-state index contributed by atoms with van der Waals surface area (Å²) >= 11 is 3.31. The van der Waals surface area contributed by atoms with Gasteiger partial charge >= 0.3 is 0 Å². The lowest BCUT2D eigenvalue weighted by Gasteiger charge is -2.24. The van der Waals surface area contributed by atoms with Gasteiger partial charge in [0.1, 0.15) is 0 Å². The number of primary sulfonamides is 1. The zero-order chi connectivity index (χ0) is 15.8. The lowest BCUT2D eigenvalue weighted by atomic mass is 10.1. The number of carbonyl (C=O) groups excluding carboxylic acids is 1. The van der Waals surface area contributed by atoms with E-state index >= 15 is 0 Å². The van der Waals surface area contributed by atoms with Crippen LogP contribution in [-0.4, -0.2) is 31.8 Å². The summed E-state index contributed by atoms with van der Waals surface area (Å²) in [5, 5.41) is 5.23. The van der Waals surface area contributed by atoms with E-state index in [-0.39, 0.29) is 16.8 Å². The molecule has 1 saturated heterocycles. The van der Waals surface area contributed by atoms with E-state index in [2.05, 4.69) is 22.9 Å². The number of benzene rings is 1. The van der Waals surface area contributed by atoms with Crippen LogP contribution in [0.25, 0.3) is 0 Å². The van der Waals surface area contributed by atoms with Crippen LogP contribution >= 0.6 is 15.9 Å². The van der Waals surface area contributed by atoms with Gasteiger partial charge in [0.25, 0.3) is 5.91 Å². The highest BCUT2D eigenvalue weighted by atomic mass is 79.9. The van der Waals surface area contributed by atoms with Crippen molar-refractivity contribution in [2.24, 2.45) is 5.14 Å². The van der Waals surface area contributed by atoms with Crippen molar-refractivity contribution >= 4 is 31.9 Å². The molecule has 1 amide bonds. The van der Waals surface area contributed by atoms with Gasteiger partial charge in [0.2, 0.25) is 10.0 Å². The number of rotatable bonds is 3. The molecule has 1 aliphatic heterocycles. The maximum atomic E-state index is 12.6. The van der Waals surface area contributed by atoms with Crippen molar-refractivity contribution in [3.63, 3.8) is 0 Å². The molecule has 2 rings (SSSR count). The monoisotopic (exact) mass is 374 g/mol. The summed E-state index contributed by atoms with van der Waals surface area (Å²) in [6.07, 6.45) is 2.89. The molecule has 0 aliphatic carbocycles. The summed E-state index contributed by atoms with van der Waals surface area (Å²) in [7, 11) is -3.86. The Balaban J connectivity index is 2.45. The number of halogens is 1. The summed E-state index contributed by atoms with van der Waals surface area (Å²) in [5.74, 6) is -0.134. The molecule has 1 aliphatic rings. The van der Waals surface area contributed by atoms with Crippen LogP contribution in [0.1, 0.15) is 42.1 Å². The minimum absolute atomic E-state index is 0.00697. The van der Waals surface area contributed by atoms with E-state index in [1.165, 1.54) is 6.07 Å². The first-order chi connectivity index (χ1) is 9.75. The van der Waals surface area contributed by atoms with Gasteiger partial charge in [-0.15, -0.1) is 0 Å². The third-order valence-electron chi connectivity index (χ3n) is 3.96. The van der Waals surface area contributed by atoms with E-state index in [0.29, 0.717) is 22.1 Å². The number of hydrogen-bond acceptors (Lipinski definition) is 3. The van der Waals surface area contributed by atoms with E-state index in [1.54, 1.807) is 13.0 Å². The first-order valence-corrected chi connectivity index (χ1v) is 9.23. The fourth-order valence-corrected chi connectivity index (χ4v) is 4.19. The van der Waals surface area contributed by atoms with Crippen LogP contribution in [-0.2, 0) is 10.0 Å². The average Bonchev–Trinajstić information content (AvgIpc) is 2.87. The highest BCUT2D eigenvalue weighted by Crippen LogP contribution is 2.28. The summed E-state index contributed by atoms with van der Waals surface area (Å²) < 4.78 is 23.9. The van der Waals surface area contributed by atoms with Crippen LogP contribution in [0.2, 0.25) is 0 Å². The van der Waals surface area contributed by atoms with Crippen molar-refractivity contribution in [2.45, 2.75) is 44.0 Å². The van der Waals surface area contributed by atoms with Crippen molar-refractivity contribution in [2.75, 3.05) is 6.54 Å². The molecule has 1 aromatic carbocycles. The Hall–Kier alpha value is -0.920. The second-order valence-corrected chi connectivity index (χ2v) is 7.71. The molecule has 1 fully saturated rings. The third-order valence-corrected chi connectivity index (χ3v) is 5.82. The van der Waals surface area contributed by atoms with Gasteiger partial charge in [-0.05, 0) is 43.9 Å². The molecule has 1 unspecified atom stereocenters. The molecule has 0 spiro atoms. The van der Waals surface area contributed by atoms with Gasteiger partial charge in [-0.3, -0.25) is 4.79 Å². The van der Waals surface area contributed by atoms with E-state index in [4.69, 9.17) is 5.14 Å². The van der Waals surface area contributed by atoms with Crippen LogP contribution in [0.15, 0.2) is 21.5 Å².